The monoisotopic (exact) mass is 383 g/mol. The number of hydrogen-bond acceptors (Lipinski definition) is 5. The summed E-state index contributed by atoms with van der Waals surface area (Å²) < 4.78 is 17.2. The van der Waals surface area contributed by atoms with Gasteiger partial charge in [-0.1, -0.05) is 19.3 Å². The first kappa shape index (κ1) is 19.0. The summed E-state index contributed by atoms with van der Waals surface area (Å²) >= 11 is 2.04. The third-order valence-corrected chi connectivity index (χ3v) is 7.83. The average molecular weight is 384 g/mol. The van der Waals surface area contributed by atoms with Gasteiger partial charge in [0.25, 0.3) is 0 Å². The van der Waals surface area contributed by atoms with Crippen molar-refractivity contribution in [1.29, 1.82) is 0 Å². The third kappa shape index (κ3) is 4.75. The standard InChI is InChI=1S/C20H33NO4S/c22-20(13-23-16-8-9-18-19(11-16)25-14-24-18)21(12-17-7-4-10-26-17)15-5-2-1-3-6-15/h15-19H,1-14H2. The lowest BCUT2D eigenvalue weighted by Crippen LogP contribution is -2.47. The van der Waals surface area contributed by atoms with E-state index < -0.39 is 0 Å². The van der Waals surface area contributed by atoms with Crippen LogP contribution in [-0.2, 0) is 19.0 Å². The van der Waals surface area contributed by atoms with E-state index in [0.717, 1.165) is 25.8 Å². The molecule has 2 saturated heterocycles. The van der Waals surface area contributed by atoms with Crippen LogP contribution in [0.1, 0.15) is 64.2 Å². The molecule has 4 atom stereocenters. The SMILES string of the molecule is O=C(COC1CCC2OCOC2C1)N(CC1CCCS1)C1CCCCC1. The zero-order chi connectivity index (χ0) is 17.8. The van der Waals surface area contributed by atoms with Crippen LogP contribution in [0.15, 0.2) is 0 Å². The zero-order valence-electron chi connectivity index (χ0n) is 15.8. The Kier molecular flexibility index (Phi) is 6.78. The Bertz CT molecular complexity index is 465. The first-order valence-corrected chi connectivity index (χ1v) is 11.6. The Labute approximate surface area is 161 Å². The fraction of sp³-hybridized carbons (Fsp3) is 0.950. The number of rotatable bonds is 6. The van der Waals surface area contributed by atoms with E-state index in [1.165, 1.54) is 50.7 Å². The second-order valence-corrected chi connectivity index (χ2v) is 9.66. The minimum absolute atomic E-state index is 0.135. The predicted octanol–water partition coefficient (Wildman–Crippen LogP) is 3.35. The van der Waals surface area contributed by atoms with E-state index >= 15 is 0 Å². The van der Waals surface area contributed by atoms with Gasteiger partial charge in [-0.25, -0.2) is 0 Å². The average Bonchev–Trinajstić information content (AvgIpc) is 3.36. The maximum Gasteiger partial charge on any atom is 0.248 e. The van der Waals surface area contributed by atoms with Gasteiger partial charge >= 0.3 is 0 Å². The van der Waals surface area contributed by atoms with Crippen LogP contribution in [0.4, 0.5) is 0 Å². The van der Waals surface area contributed by atoms with E-state index in [2.05, 4.69) is 4.90 Å². The van der Waals surface area contributed by atoms with Crippen molar-refractivity contribution in [3.8, 4) is 0 Å². The van der Waals surface area contributed by atoms with Crippen molar-refractivity contribution >= 4 is 17.7 Å². The highest BCUT2D eigenvalue weighted by Crippen LogP contribution is 2.32. The molecule has 1 amide bonds. The van der Waals surface area contributed by atoms with E-state index in [9.17, 15) is 4.79 Å². The Morgan fingerprint density at radius 2 is 1.85 bits per heavy atom. The summed E-state index contributed by atoms with van der Waals surface area (Å²) in [5, 5.41) is 0.625. The van der Waals surface area contributed by atoms with Crippen molar-refractivity contribution < 1.29 is 19.0 Å². The van der Waals surface area contributed by atoms with Gasteiger partial charge in [0.05, 0.1) is 18.3 Å². The summed E-state index contributed by atoms with van der Waals surface area (Å²) in [6.07, 6.45) is 12.1. The molecule has 0 spiro atoms. The first-order valence-electron chi connectivity index (χ1n) is 10.6. The molecule has 2 aliphatic heterocycles. The number of amides is 1. The maximum atomic E-state index is 13.0. The Morgan fingerprint density at radius 3 is 2.65 bits per heavy atom. The van der Waals surface area contributed by atoms with Crippen LogP contribution in [-0.4, -0.2) is 66.1 Å². The molecule has 5 nitrogen and oxygen atoms in total. The number of thioether (sulfide) groups is 1. The lowest BCUT2D eigenvalue weighted by Gasteiger charge is -2.36. The number of carbonyl (C=O) groups is 1. The van der Waals surface area contributed by atoms with E-state index in [-0.39, 0.29) is 30.8 Å². The molecule has 0 aromatic carbocycles. The van der Waals surface area contributed by atoms with Crippen LogP contribution in [0, 0.1) is 0 Å². The smallest absolute Gasteiger partial charge is 0.248 e. The molecule has 0 aromatic heterocycles. The van der Waals surface area contributed by atoms with Crippen molar-refractivity contribution in [1.82, 2.24) is 4.90 Å². The molecule has 4 aliphatic rings. The van der Waals surface area contributed by atoms with Crippen LogP contribution in [0.2, 0.25) is 0 Å². The Hall–Kier alpha value is -0.300. The molecule has 2 heterocycles. The number of carbonyl (C=O) groups excluding carboxylic acids is 1. The molecule has 148 valence electrons. The Balaban J connectivity index is 1.29. The van der Waals surface area contributed by atoms with Gasteiger partial charge in [-0.15, -0.1) is 0 Å². The van der Waals surface area contributed by atoms with Gasteiger partial charge in [-0.3, -0.25) is 4.79 Å². The predicted molar refractivity (Wildman–Crippen MR) is 102 cm³/mol. The van der Waals surface area contributed by atoms with E-state index in [1.54, 1.807) is 0 Å². The first-order chi connectivity index (χ1) is 12.8. The number of ether oxygens (including phenoxy) is 3. The van der Waals surface area contributed by atoms with Gasteiger partial charge in [0.2, 0.25) is 5.91 Å². The largest absolute Gasteiger partial charge is 0.368 e. The van der Waals surface area contributed by atoms with Crippen molar-refractivity contribution in [3.63, 3.8) is 0 Å². The number of nitrogens with zero attached hydrogens (tertiary/aromatic N) is 1. The van der Waals surface area contributed by atoms with Gasteiger partial charge in [-0.2, -0.15) is 11.8 Å². The van der Waals surface area contributed by atoms with Crippen LogP contribution in [0.25, 0.3) is 0 Å². The highest BCUT2D eigenvalue weighted by atomic mass is 32.2. The van der Waals surface area contributed by atoms with E-state index in [0.29, 0.717) is 18.1 Å². The molecule has 4 unspecified atom stereocenters. The van der Waals surface area contributed by atoms with Gasteiger partial charge in [0.15, 0.2) is 0 Å². The molecule has 4 rings (SSSR count). The molecular weight excluding hydrogens is 350 g/mol. The molecule has 2 aliphatic carbocycles. The second kappa shape index (κ2) is 9.26. The fourth-order valence-corrected chi connectivity index (χ4v) is 6.19. The molecule has 26 heavy (non-hydrogen) atoms. The summed E-state index contributed by atoms with van der Waals surface area (Å²) in [5.41, 5.74) is 0. The fourth-order valence-electron chi connectivity index (χ4n) is 4.92. The molecule has 0 radical (unpaired) electrons. The second-order valence-electron chi connectivity index (χ2n) is 8.25. The zero-order valence-corrected chi connectivity index (χ0v) is 16.6. The van der Waals surface area contributed by atoms with Crippen LogP contribution in [0.5, 0.6) is 0 Å². The van der Waals surface area contributed by atoms with Gasteiger partial charge in [0, 0.05) is 24.3 Å². The molecule has 2 saturated carbocycles. The highest BCUT2D eigenvalue weighted by molar-refractivity contribution is 8.00. The third-order valence-electron chi connectivity index (χ3n) is 6.45. The summed E-state index contributed by atoms with van der Waals surface area (Å²) in [5.74, 6) is 1.45. The molecular formula is C20H33NO4S. The van der Waals surface area contributed by atoms with Crippen molar-refractivity contribution in [2.75, 3.05) is 25.7 Å². The van der Waals surface area contributed by atoms with Gasteiger partial charge in [0.1, 0.15) is 13.4 Å². The topological polar surface area (TPSA) is 48.0 Å². The van der Waals surface area contributed by atoms with E-state index in [4.69, 9.17) is 14.2 Å². The molecule has 0 N–H and O–H groups in total. The van der Waals surface area contributed by atoms with Crippen LogP contribution in [0.3, 0.4) is 0 Å². The molecule has 0 aromatic rings. The minimum atomic E-state index is 0.135. The number of hydrogen-bond donors (Lipinski definition) is 0. The normalized spacial score (nSPS) is 35.4. The van der Waals surface area contributed by atoms with Crippen LogP contribution >= 0.6 is 11.8 Å². The summed E-state index contributed by atoms with van der Waals surface area (Å²) in [4.78, 5) is 15.2. The maximum absolute atomic E-state index is 13.0. The summed E-state index contributed by atoms with van der Waals surface area (Å²) in [7, 11) is 0. The van der Waals surface area contributed by atoms with Crippen LogP contribution < -0.4 is 0 Å². The minimum Gasteiger partial charge on any atom is -0.368 e. The quantitative estimate of drug-likeness (QED) is 0.704. The Morgan fingerprint density at radius 1 is 1.00 bits per heavy atom. The highest BCUT2D eigenvalue weighted by Gasteiger charge is 2.37. The van der Waals surface area contributed by atoms with Gasteiger partial charge < -0.3 is 19.1 Å². The summed E-state index contributed by atoms with van der Waals surface area (Å²) in [6, 6.07) is 0.434. The molecule has 4 fully saturated rings. The number of fused-ring (bicyclic) bond motifs is 1. The molecule has 6 heteroatoms. The molecule has 0 bridgehead atoms. The van der Waals surface area contributed by atoms with E-state index in [1.807, 2.05) is 11.8 Å². The van der Waals surface area contributed by atoms with Gasteiger partial charge in [-0.05, 0) is 44.3 Å². The lowest BCUT2D eigenvalue weighted by atomic mass is 9.92. The van der Waals surface area contributed by atoms with Crippen molar-refractivity contribution in [2.45, 2.75) is 93.8 Å². The lowest BCUT2D eigenvalue weighted by molar-refractivity contribution is -0.143. The summed E-state index contributed by atoms with van der Waals surface area (Å²) in [6.45, 7) is 1.57. The van der Waals surface area contributed by atoms with Crippen molar-refractivity contribution in [3.05, 3.63) is 0 Å². The van der Waals surface area contributed by atoms with Crippen molar-refractivity contribution in [2.24, 2.45) is 0 Å².